The van der Waals surface area contributed by atoms with E-state index < -0.39 is 6.29 Å². The Labute approximate surface area is 185 Å². The lowest BCUT2D eigenvalue weighted by Crippen LogP contribution is -2.35. The maximum Gasteiger partial charge on any atom is 0.338 e. The van der Waals surface area contributed by atoms with Gasteiger partial charge in [-0.25, -0.2) is 14.5 Å². The summed E-state index contributed by atoms with van der Waals surface area (Å²) in [5, 5.41) is 14.5. The highest BCUT2D eigenvalue weighted by Crippen LogP contribution is 2.32. The molecule has 6 rings (SSSR count). The normalized spacial score (nSPS) is 19.6. The van der Waals surface area contributed by atoms with Crippen LogP contribution in [0.5, 0.6) is 0 Å². The van der Waals surface area contributed by atoms with Crippen LogP contribution in [-0.2, 0) is 42.2 Å². The number of aliphatic hydroxyl groups is 1. The van der Waals surface area contributed by atoms with Crippen LogP contribution in [0.2, 0.25) is 0 Å². The summed E-state index contributed by atoms with van der Waals surface area (Å²) >= 11 is 0. The van der Waals surface area contributed by atoms with Gasteiger partial charge in [-0.05, 0) is 42.2 Å². The molecule has 0 bridgehead atoms. The number of fused-ring (bicyclic) bond motifs is 3. The summed E-state index contributed by atoms with van der Waals surface area (Å²) in [4.78, 5) is 19.0. The van der Waals surface area contributed by atoms with Crippen molar-refractivity contribution in [2.24, 2.45) is 0 Å². The van der Waals surface area contributed by atoms with Crippen LogP contribution < -0.4 is 0 Å². The lowest BCUT2D eigenvalue weighted by molar-refractivity contribution is -0.0918. The number of hydrogen-bond acceptors (Lipinski definition) is 7. The number of esters is 1. The molecule has 8 heteroatoms. The van der Waals surface area contributed by atoms with Gasteiger partial charge in [-0.3, -0.25) is 4.90 Å². The first kappa shape index (κ1) is 19.6. The topological polar surface area (TPSA) is 89.7 Å². The van der Waals surface area contributed by atoms with Crippen LogP contribution in [0, 0.1) is 6.92 Å². The van der Waals surface area contributed by atoms with Gasteiger partial charge in [0, 0.05) is 29.8 Å². The van der Waals surface area contributed by atoms with Crippen LogP contribution in [0.25, 0.3) is 11.4 Å². The van der Waals surface area contributed by atoms with Gasteiger partial charge in [0.25, 0.3) is 0 Å². The van der Waals surface area contributed by atoms with E-state index in [0.29, 0.717) is 24.6 Å². The summed E-state index contributed by atoms with van der Waals surface area (Å²) in [5.41, 5.74) is 6.92. The Morgan fingerprint density at radius 3 is 3.00 bits per heavy atom. The number of ether oxygens (including phenoxy) is 2. The van der Waals surface area contributed by atoms with E-state index in [2.05, 4.69) is 17.9 Å². The second-order valence-electron chi connectivity index (χ2n) is 8.63. The molecule has 32 heavy (non-hydrogen) atoms. The fourth-order valence-electron chi connectivity index (χ4n) is 4.82. The summed E-state index contributed by atoms with van der Waals surface area (Å²) in [6.07, 6.45) is 0.0830. The fourth-order valence-corrected chi connectivity index (χ4v) is 4.82. The van der Waals surface area contributed by atoms with E-state index in [9.17, 15) is 9.90 Å². The molecule has 1 aromatic heterocycles. The molecule has 0 spiro atoms. The van der Waals surface area contributed by atoms with Crippen LogP contribution in [0.1, 0.15) is 50.3 Å². The molecule has 0 saturated carbocycles. The van der Waals surface area contributed by atoms with Crippen LogP contribution >= 0.6 is 0 Å². The van der Waals surface area contributed by atoms with E-state index in [1.165, 1.54) is 11.1 Å². The monoisotopic (exact) mass is 432 g/mol. The van der Waals surface area contributed by atoms with Crippen molar-refractivity contribution in [1.82, 2.24) is 19.7 Å². The van der Waals surface area contributed by atoms with E-state index in [1.807, 2.05) is 28.9 Å². The predicted octanol–water partition coefficient (Wildman–Crippen LogP) is 2.50. The highest BCUT2D eigenvalue weighted by molar-refractivity contribution is 5.93. The minimum absolute atomic E-state index is 0.215. The summed E-state index contributed by atoms with van der Waals surface area (Å²) in [7, 11) is 0. The Kier molecular flexibility index (Phi) is 4.60. The Bertz CT molecular complexity index is 1230. The number of hydrogen-bond donors (Lipinski definition) is 1. The second kappa shape index (κ2) is 7.51. The van der Waals surface area contributed by atoms with Gasteiger partial charge in [-0.2, -0.15) is 5.10 Å². The average Bonchev–Trinajstić information content (AvgIpc) is 3.50. The molecule has 1 N–H and O–H groups in total. The zero-order chi connectivity index (χ0) is 21.8. The Morgan fingerprint density at radius 2 is 2.09 bits per heavy atom. The van der Waals surface area contributed by atoms with Crippen molar-refractivity contribution < 1.29 is 19.4 Å². The quantitative estimate of drug-likeness (QED) is 0.634. The molecule has 0 saturated heterocycles. The number of rotatable bonds is 4. The summed E-state index contributed by atoms with van der Waals surface area (Å²) < 4.78 is 12.5. The molecule has 3 aliphatic heterocycles. The summed E-state index contributed by atoms with van der Waals surface area (Å²) in [6, 6.07) is 9.80. The first-order chi connectivity index (χ1) is 15.6. The first-order valence-corrected chi connectivity index (χ1v) is 10.9. The Balaban J connectivity index is 1.15. The van der Waals surface area contributed by atoms with Gasteiger partial charge < -0.3 is 14.6 Å². The third-order valence-electron chi connectivity index (χ3n) is 6.78. The highest BCUT2D eigenvalue weighted by atomic mass is 16.6. The minimum atomic E-state index is -0.835. The maximum atomic E-state index is 11.8. The number of benzene rings is 2. The van der Waals surface area contributed by atoms with Crippen LogP contribution in [0.15, 0.2) is 30.3 Å². The van der Waals surface area contributed by atoms with Crippen molar-refractivity contribution in [3.8, 4) is 11.4 Å². The van der Waals surface area contributed by atoms with Crippen LogP contribution in [0.3, 0.4) is 0 Å². The summed E-state index contributed by atoms with van der Waals surface area (Å²) in [6.45, 7) is 6.28. The van der Waals surface area contributed by atoms with Crippen molar-refractivity contribution in [3.05, 3.63) is 69.5 Å². The fraction of sp³-hybridized carbons (Fsp3) is 0.375. The van der Waals surface area contributed by atoms with Crippen LogP contribution in [-0.4, -0.2) is 43.8 Å². The molecule has 8 nitrogen and oxygen atoms in total. The van der Waals surface area contributed by atoms with Crippen molar-refractivity contribution >= 4 is 5.97 Å². The predicted molar refractivity (Wildman–Crippen MR) is 114 cm³/mol. The lowest BCUT2D eigenvalue weighted by Gasteiger charge is -2.26. The van der Waals surface area contributed by atoms with Gasteiger partial charge in [-0.1, -0.05) is 18.2 Å². The molecule has 1 unspecified atom stereocenters. The molecule has 0 aliphatic carbocycles. The number of nitrogens with zero attached hydrogens (tertiary/aromatic N) is 4. The third-order valence-corrected chi connectivity index (χ3v) is 6.78. The number of aromatic nitrogens is 3. The summed E-state index contributed by atoms with van der Waals surface area (Å²) in [5.74, 6) is 1.46. The molecule has 0 amide bonds. The molecule has 0 fully saturated rings. The van der Waals surface area contributed by atoms with Gasteiger partial charge >= 0.3 is 5.97 Å². The molecule has 164 valence electrons. The van der Waals surface area contributed by atoms with E-state index in [0.717, 1.165) is 60.7 Å². The molecule has 1 atom stereocenters. The number of aliphatic hydroxyl groups excluding tert-OH is 1. The average molecular weight is 432 g/mol. The van der Waals surface area contributed by atoms with Gasteiger partial charge in [0.15, 0.2) is 12.1 Å². The third kappa shape index (κ3) is 3.23. The maximum absolute atomic E-state index is 11.8. The molecular weight excluding hydrogens is 408 g/mol. The molecule has 3 aromatic rings. The highest BCUT2D eigenvalue weighted by Gasteiger charge is 2.26. The van der Waals surface area contributed by atoms with E-state index in [4.69, 9.17) is 19.6 Å². The number of carbonyl (C=O) groups is 1. The van der Waals surface area contributed by atoms with Crippen molar-refractivity contribution in [3.63, 3.8) is 0 Å². The van der Waals surface area contributed by atoms with E-state index >= 15 is 0 Å². The zero-order valence-corrected chi connectivity index (χ0v) is 17.9. The smallest absolute Gasteiger partial charge is 0.338 e. The standard InChI is InChI=1S/C24H24N4O4/c1-14-15(2-5-19-20(14)13-32-24(19)30)6-7-27-8-9-28-21(11-27)25-22(26-28)16-3-4-18-17(10-16)12-31-23(18)29/h2-5,10,23,29H,6-9,11-13H2,1H3. The van der Waals surface area contributed by atoms with Crippen molar-refractivity contribution in [2.45, 2.75) is 45.9 Å². The SMILES string of the molecule is Cc1c(CCN2CCn3nc(-c4ccc5c(c4)COC5O)nc3C2)ccc2c1COC2=O. The number of cyclic esters (lactones) is 1. The van der Waals surface area contributed by atoms with Crippen LogP contribution in [0.4, 0.5) is 0 Å². The molecule has 2 aromatic carbocycles. The van der Waals surface area contributed by atoms with E-state index in [-0.39, 0.29) is 5.97 Å². The van der Waals surface area contributed by atoms with Gasteiger partial charge in [-0.15, -0.1) is 0 Å². The molecular formula is C24H24N4O4. The van der Waals surface area contributed by atoms with Gasteiger partial charge in [0.2, 0.25) is 0 Å². The Hall–Kier alpha value is -3.07. The van der Waals surface area contributed by atoms with E-state index in [1.54, 1.807) is 0 Å². The van der Waals surface area contributed by atoms with Gasteiger partial charge in [0.05, 0.1) is 25.3 Å². The first-order valence-electron chi connectivity index (χ1n) is 10.9. The largest absolute Gasteiger partial charge is 0.457 e. The van der Waals surface area contributed by atoms with Gasteiger partial charge in [0.1, 0.15) is 12.4 Å². The zero-order valence-electron chi connectivity index (χ0n) is 17.9. The molecule has 3 aliphatic rings. The molecule has 0 radical (unpaired) electrons. The molecule has 4 heterocycles. The Morgan fingerprint density at radius 1 is 1.19 bits per heavy atom. The lowest BCUT2D eigenvalue weighted by atomic mass is 9.96. The second-order valence-corrected chi connectivity index (χ2v) is 8.63. The number of carbonyl (C=O) groups excluding carboxylic acids is 1. The van der Waals surface area contributed by atoms with Crippen molar-refractivity contribution in [1.29, 1.82) is 0 Å². The van der Waals surface area contributed by atoms with Crippen molar-refractivity contribution in [2.75, 3.05) is 13.1 Å². The minimum Gasteiger partial charge on any atom is -0.457 e.